The molecule has 144 valence electrons. The summed E-state index contributed by atoms with van der Waals surface area (Å²) in [6.45, 7) is 5.82. The molecule has 1 N–H and O–H groups in total. The van der Waals surface area contributed by atoms with E-state index in [2.05, 4.69) is 31.3 Å². The van der Waals surface area contributed by atoms with E-state index < -0.39 is 18.5 Å². The minimum Gasteiger partial charge on any atom is -0.452 e. The fraction of sp³-hybridized carbons (Fsp3) is 0.333. The number of hydrogen-bond acceptors (Lipinski definition) is 3. The molecule has 0 saturated carbocycles. The lowest BCUT2D eigenvalue weighted by Crippen LogP contribution is -2.31. The molecule has 0 aliphatic heterocycles. The van der Waals surface area contributed by atoms with Gasteiger partial charge < -0.3 is 10.1 Å². The average Bonchev–Trinajstić information content (AvgIpc) is 2.60. The van der Waals surface area contributed by atoms with Crippen LogP contribution >= 0.6 is 23.2 Å². The van der Waals surface area contributed by atoms with Crippen LogP contribution in [0, 0.1) is 5.92 Å². The SMILES string of the molecule is CC(C)Cc1ccc([C@H](C)NC(=O)COC(=O)c2c(Cl)cccc2Cl)cc1. The lowest BCUT2D eigenvalue weighted by Gasteiger charge is -2.15. The largest absolute Gasteiger partial charge is 0.452 e. The fourth-order valence-corrected chi connectivity index (χ4v) is 3.23. The molecule has 1 amide bonds. The number of benzene rings is 2. The van der Waals surface area contributed by atoms with Crippen molar-refractivity contribution in [2.24, 2.45) is 5.92 Å². The van der Waals surface area contributed by atoms with Crippen molar-refractivity contribution in [3.63, 3.8) is 0 Å². The Balaban J connectivity index is 1.88. The lowest BCUT2D eigenvalue weighted by molar-refractivity contribution is -0.124. The maximum atomic E-state index is 12.1. The van der Waals surface area contributed by atoms with E-state index in [4.69, 9.17) is 27.9 Å². The monoisotopic (exact) mass is 407 g/mol. The van der Waals surface area contributed by atoms with Crippen molar-refractivity contribution in [3.05, 3.63) is 69.2 Å². The molecular weight excluding hydrogens is 385 g/mol. The predicted octanol–water partition coefficient (Wildman–Crippen LogP) is 5.23. The van der Waals surface area contributed by atoms with Gasteiger partial charge in [0.05, 0.1) is 21.7 Å². The van der Waals surface area contributed by atoms with Crippen LogP contribution in [0.25, 0.3) is 0 Å². The Morgan fingerprint density at radius 3 is 2.15 bits per heavy atom. The molecule has 1 atom stereocenters. The van der Waals surface area contributed by atoms with Gasteiger partial charge in [-0.2, -0.15) is 0 Å². The highest BCUT2D eigenvalue weighted by molar-refractivity contribution is 6.39. The average molecular weight is 408 g/mol. The number of rotatable bonds is 7. The van der Waals surface area contributed by atoms with Crippen LogP contribution in [0.5, 0.6) is 0 Å². The normalized spacial score (nSPS) is 11.9. The Morgan fingerprint density at radius 2 is 1.59 bits per heavy atom. The number of hydrogen-bond donors (Lipinski definition) is 1. The van der Waals surface area contributed by atoms with Gasteiger partial charge in [-0.05, 0) is 42.5 Å². The highest BCUT2D eigenvalue weighted by atomic mass is 35.5. The van der Waals surface area contributed by atoms with Gasteiger partial charge in [-0.15, -0.1) is 0 Å². The van der Waals surface area contributed by atoms with E-state index in [1.54, 1.807) is 6.07 Å². The molecule has 6 heteroatoms. The summed E-state index contributed by atoms with van der Waals surface area (Å²) in [4.78, 5) is 24.2. The molecule has 4 nitrogen and oxygen atoms in total. The zero-order chi connectivity index (χ0) is 20.0. The quantitative estimate of drug-likeness (QED) is 0.639. The third-order valence-electron chi connectivity index (χ3n) is 4.00. The van der Waals surface area contributed by atoms with Crippen LogP contribution in [0.3, 0.4) is 0 Å². The summed E-state index contributed by atoms with van der Waals surface area (Å²) < 4.78 is 5.03. The van der Waals surface area contributed by atoms with Gasteiger partial charge in [0.15, 0.2) is 6.61 Å². The first kappa shape index (κ1) is 21.3. The molecule has 0 heterocycles. The summed E-state index contributed by atoms with van der Waals surface area (Å²) >= 11 is 11.9. The van der Waals surface area contributed by atoms with E-state index >= 15 is 0 Å². The Labute approximate surface area is 169 Å². The Kier molecular flexibility index (Phi) is 7.69. The Hall–Kier alpha value is -2.04. The van der Waals surface area contributed by atoms with Crippen LogP contribution in [0.4, 0.5) is 0 Å². The number of ether oxygens (including phenoxy) is 1. The summed E-state index contributed by atoms with van der Waals surface area (Å²) in [7, 11) is 0. The summed E-state index contributed by atoms with van der Waals surface area (Å²) in [6.07, 6.45) is 1.02. The van der Waals surface area contributed by atoms with Crippen LogP contribution in [0.1, 0.15) is 48.3 Å². The number of amides is 1. The fourth-order valence-electron chi connectivity index (χ4n) is 2.68. The maximum Gasteiger partial charge on any atom is 0.341 e. The third kappa shape index (κ3) is 6.26. The second-order valence-corrected chi connectivity index (χ2v) is 7.62. The summed E-state index contributed by atoms with van der Waals surface area (Å²) in [5.41, 5.74) is 2.30. The van der Waals surface area contributed by atoms with E-state index in [1.165, 1.54) is 17.7 Å². The number of carbonyl (C=O) groups excluding carboxylic acids is 2. The minimum atomic E-state index is -0.730. The van der Waals surface area contributed by atoms with Gasteiger partial charge in [0, 0.05) is 0 Å². The van der Waals surface area contributed by atoms with Gasteiger partial charge in [-0.25, -0.2) is 4.79 Å². The standard InChI is InChI=1S/C21H23Cl2NO3/c1-13(2)11-15-7-9-16(10-8-15)14(3)24-19(25)12-27-21(26)20-17(22)5-4-6-18(20)23/h4-10,13-14H,11-12H2,1-3H3,(H,24,25)/t14-/m0/s1. The van der Waals surface area contributed by atoms with Gasteiger partial charge in [-0.1, -0.05) is 67.4 Å². The summed E-state index contributed by atoms with van der Waals surface area (Å²) in [6, 6.07) is 12.6. The molecule has 0 unspecified atom stereocenters. The van der Waals surface area contributed by atoms with Crippen LogP contribution < -0.4 is 5.32 Å². The van der Waals surface area contributed by atoms with Crippen LogP contribution in [0.15, 0.2) is 42.5 Å². The molecule has 0 aliphatic carbocycles. The Bertz CT molecular complexity index is 783. The second kappa shape index (κ2) is 9.77. The zero-order valence-electron chi connectivity index (χ0n) is 15.6. The Morgan fingerprint density at radius 1 is 1.00 bits per heavy atom. The van der Waals surface area contributed by atoms with Crippen molar-refractivity contribution in [1.29, 1.82) is 0 Å². The summed E-state index contributed by atoms with van der Waals surface area (Å²) in [5, 5.41) is 3.18. The zero-order valence-corrected chi connectivity index (χ0v) is 17.1. The summed E-state index contributed by atoms with van der Waals surface area (Å²) in [5.74, 6) is -0.536. The van der Waals surface area contributed by atoms with E-state index in [9.17, 15) is 9.59 Å². The highest BCUT2D eigenvalue weighted by Crippen LogP contribution is 2.25. The van der Waals surface area contributed by atoms with Crippen LogP contribution in [-0.4, -0.2) is 18.5 Å². The smallest absolute Gasteiger partial charge is 0.341 e. The van der Waals surface area contributed by atoms with Gasteiger partial charge in [-0.3, -0.25) is 4.79 Å². The first-order chi connectivity index (χ1) is 12.8. The molecule has 0 bridgehead atoms. The van der Waals surface area contributed by atoms with E-state index in [-0.39, 0.29) is 21.7 Å². The van der Waals surface area contributed by atoms with E-state index in [0.29, 0.717) is 5.92 Å². The van der Waals surface area contributed by atoms with Crippen molar-refractivity contribution in [1.82, 2.24) is 5.32 Å². The molecule has 0 fully saturated rings. The minimum absolute atomic E-state index is 0.0578. The molecule has 0 spiro atoms. The van der Waals surface area contributed by atoms with Crippen LogP contribution in [-0.2, 0) is 16.0 Å². The third-order valence-corrected chi connectivity index (χ3v) is 4.63. The molecule has 0 aliphatic rings. The van der Waals surface area contributed by atoms with Crippen molar-refractivity contribution in [3.8, 4) is 0 Å². The van der Waals surface area contributed by atoms with E-state index in [1.807, 2.05) is 19.1 Å². The predicted molar refractivity (Wildman–Crippen MR) is 108 cm³/mol. The maximum absolute atomic E-state index is 12.1. The molecule has 0 radical (unpaired) electrons. The van der Waals surface area contributed by atoms with Gasteiger partial charge in [0.25, 0.3) is 5.91 Å². The lowest BCUT2D eigenvalue weighted by atomic mass is 10.00. The van der Waals surface area contributed by atoms with Gasteiger partial charge in [0.2, 0.25) is 0 Å². The van der Waals surface area contributed by atoms with Crippen molar-refractivity contribution in [2.75, 3.05) is 6.61 Å². The van der Waals surface area contributed by atoms with Crippen molar-refractivity contribution < 1.29 is 14.3 Å². The molecule has 2 aromatic rings. The number of esters is 1. The van der Waals surface area contributed by atoms with Gasteiger partial charge >= 0.3 is 5.97 Å². The number of nitrogens with one attached hydrogen (secondary N) is 1. The second-order valence-electron chi connectivity index (χ2n) is 6.80. The van der Waals surface area contributed by atoms with E-state index in [0.717, 1.165) is 12.0 Å². The number of carbonyl (C=O) groups is 2. The van der Waals surface area contributed by atoms with Crippen molar-refractivity contribution >= 4 is 35.1 Å². The molecule has 2 rings (SSSR count). The van der Waals surface area contributed by atoms with Gasteiger partial charge in [0.1, 0.15) is 0 Å². The first-order valence-electron chi connectivity index (χ1n) is 8.77. The number of halogens is 2. The highest BCUT2D eigenvalue weighted by Gasteiger charge is 2.18. The topological polar surface area (TPSA) is 55.4 Å². The molecule has 0 aromatic heterocycles. The molecule has 27 heavy (non-hydrogen) atoms. The van der Waals surface area contributed by atoms with Crippen molar-refractivity contribution in [2.45, 2.75) is 33.2 Å². The first-order valence-corrected chi connectivity index (χ1v) is 9.53. The molecular formula is C21H23Cl2NO3. The molecule has 2 aromatic carbocycles. The van der Waals surface area contributed by atoms with Crippen LogP contribution in [0.2, 0.25) is 10.0 Å². The molecule has 0 saturated heterocycles.